The Kier molecular flexibility index (Phi) is 5.23. The highest BCUT2D eigenvalue weighted by atomic mass is 16.6. The van der Waals surface area contributed by atoms with E-state index in [0.717, 1.165) is 16.8 Å². The van der Waals surface area contributed by atoms with Crippen LogP contribution in [0, 0.1) is 13.8 Å². The standard InChI is InChI=1S/C20H25N5O4/c1-13-6-4-5-7-15(13)17-18(28-12-16(26)23(17)3)20(27)25-10-8-24(9-11-25)19-14(2)21-29-22-19/h4-7,17-18H,8-12H2,1-3H3/t17-,18+/m1/s1. The molecule has 9 nitrogen and oxygen atoms in total. The average Bonchev–Trinajstić information content (AvgIpc) is 3.16. The Bertz CT molecular complexity index is 906. The third-order valence-electron chi connectivity index (χ3n) is 5.75. The van der Waals surface area contributed by atoms with Gasteiger partial charge in [0.15, 0.2) is 11.9 Å². The molecule has 0 aliphatic carbocycles. The van der Waals surface area contributed by atoms with Crippen LogP contribution in [-0.4, -0.2) is 77.9 Å². The molecule has 0 saturated carbocycles. The van der Waals surface area contributed by atoms with Gasteiger partial charge in [-0.2, -0.15) is 0 Å². The molecule has 2 aliphatic rings. The van der Waals surface area contributed by atoms with Crippen LogP contribution in [0.2, 0.25) is 0 Å². The summed E-state index contributed by atoms with van der Waals surface area (Å²) in [7, 11) is 1.74. The summed E-state index contributed by atoms with van der Waals surface area (Å²) < 4.78 is 10.6. The summed E-state index contributed by atoms with van der Waals surface area (Å²) in [5.41, 5.74) is 2.70. The lowest BCUT2D eigenvalue weighted by atomic mass is 9.93. The van der Waals surface area contributed by atoms with Crippen molar-refractivity contribution in [1.82, 2.24) is 20.1 Å². The molecule has 2 aliphatic heterocycles. The quantitative estimate of drug-likeness (QED) is 0.758. The molecule has 0 bridgehead atoms. The first kappa shape index (κ1) is 19.4. The zero-order valence-electron chi connectivity index (χ0n) is 16.9. The zero-order chi connectivity index (χ0) is 20.5. The number of benzene rings is 1. The summed E-state index contributed by atoms with van der Waals surface area (Å²) >= 11 is 0. The van der Waals surface area contributed by atoms with Gasteiger partial charge in [-0.1, -0.05) is 29.4 Å². The summed E-state index contributed by atoms with van der Waals surface area (Å²) in [4.78, 5) is 31.1. The zero-order valence-corrected chi connectivity index (χ0v) is 16.9. The number of amides is 2. The van der Waals surface area contributed by atoms with Crippen molar-refractivity contribution in [2.24, 2.45) is 0 Å². The Balaban J connectivity index is 1.52. The second-order valence-electron chi connectivity index (χ2n) is 7.52. The molecule has 154 valence electrons. The van der Waals surface area contributed by atoms with Crippen LogP contribution in [0.1, 0.15) is 22.9 Å². The van der Waals surface area contributed by atoms with E-state index in [1.165, 1.54) is 0 Å². The van der Waals surface area contributed by atoms with Crippen molar-refractivity contribution in [3.63, 3.8) is 0 Å². The SMILES string of the molecule is Cc1ccccc1[C@@H]1[C@@H](C(=O)N2CCN(c3nonc3C)CC2)OCC(=O)N1C. The normalized spacial score (nSPS) is 22.9. The van der Waals surface area contributed by atoms with E-state index in [1.807, 2.05) is 38.1 Å². The fourth-order valence-electron chi connectivity index (χ4n) is 4.04. The van der Waals surface area contributed by atoms with Gasteiger partial charge in [0.1, 0.15) is 12.3 Å². The number of anilines is 1. The fourth-order valence-corrected chi connectivity index (χ4v) is 4.04. The van der Waals surface area contributed by atoms with E-state index >= 15 is 0 Å². The Labute approximate surface area is 169 Å². The Morgan fingerprint density at radius 3 is 2.48 bits per heavy atom. The highest BCUT2D eigenvalue weighted by Crippen LogP contribution is 2.32. The van der Waals surface area contributed by atoms with E-state index in [1.54, 1.807) is 16.8 Å². The first-order valence-electron chi connectivity index (χ1n) is 9.73. The first-order valence-corrected chi connectivity index (χ1v) is 9.73. The molecule has 1 aromatic heterocycles. The lowest BCUT2D eigenvalue weighted by molar-refractivity contribution is -0.167. The molecule has 0 radical (unpaired) electrons. The minimum Gasteiger partial charge on any atom is -0.356 e. The molecule has 2 fully saturated rings. The number of aryl methyl sites for hydroxylation is 2. The van der Waals surface area contributed by atoms with Crippen LogP contribution >= 0.6 is 0 Å². The molecule has 2 atom stereocenters. The van der Waals surface area contributed by atoms with Gasteiger partial charge in [0, 0.05) is 33.2 Å². The Morgan fingerprint density at radius 2 is 1.83 bits per heavy atom. The number of hydrogen-bond donors (Lipinski definition) is 0. The number of hydrogen-bond acceptors (Lipinski definition) is 7. The van der Waals surface area contributed by atoms with Crippen molar-refractivity contribution in [1.29, 1.82) is 0 Å². The third-order valence-corrected chi connectivity index (χ3v) is 5.75. The van der Waals surface area contributed by atoms with Crippen molar-refractivity contribution in [2.45, 2.75) is 26.0 Å². The molecule has 3 heterocycles. The van der Waals surface area contributed by atoms with Gasteiger partial charge in [0.05, 0.1) is 6.04 Å². The monoisotopic (exact) mass is 399 g/mol. The Morgan fingerprint density at radius 1 is 1.10 bits per heavy atom. The van der Waals surface area contributed by atoms with E-state index < -0.39 is 12.1 Å². The van der Waals surface area contributed by atoms with Crippen molar-refractivity contribution < 1.29 is 19.0 Å². The summed E-state index contributed by atoms with van der Waals surface area (Å²) in [6.07, 6.45) is -0.721. The molecule has 0 spiro atoms. The highest BCUT2D eigenvalue weighted by Gasteiger charge is 2.42. The molecule has 2 aromatic rings. The molecule has 2 amide bonds. The number of nitrogens with zero attached hydrogens (tertiary/aromatic N) is 5. The fraction of sp³-hybridized carbons (Fsp3) is 0.500. The second kappa shape index (κ2) is 7.82. The van der Waals surface area contributed by atoms with Crippen LogP contribution < -0.4 is 4.90 Å². The second-order valence-corrected chi connectivity index (χ2v) is 7.52. The summed E-state index contributed by atoms with van der Waals surface area (Å²) in [5.74, 6) is 0.502. The highest BCUT2D eigenvalue weighted by molar-refractivity contribution is 5.86. The maximum atomic E-state index is 13.4. The maximum Gasteiger partial charge on any atom is 0.254 e. The van der Waals surface area contributed by atoms with Crippen molar-refractivity contribution in [3.8, 4) is 0 Å². The minimum atomic E-state index is -0.721. The predicted molar refractivity (Wildman–Crippen MR) is 104 cm³/mol. The smallest absolute Gasteiger partial charge is 0.254 e. The third kappa shape index (κ3) is 3.57. The van der Waals surface area contributed by atoms with E-state index in [9.17, 15) is 9.59 Å². The van der Waals surface area contributed by atoms with E-state index in [0.29, 0.717) is 32.0 Å². The van der Waals surface area contributed by atoms with Crippen molar-refractivity contribution in [3.05, 3.63) is 41.1 Å². The van der Waals surface area contributed by atoms with Crippen LogP contribution in [0.4, 0.5) is 5.82 Å². The number of likely N-dealkylation sites (N-methyl/N-ethyl adjacent to an activating group) is 1. The molecule has 2 saturated heterocycles. The lowest BCUT2D eigenvalue weighted by Gasteiger charge is -2.42. The summed E-state index contributed by atoms with van der Waals surface area (Å²) in [5, 5.41) is 7.77. The topological polar surface area (TPSA) is 92.0 Å². The van der Waals surface area contributed by atoms with E-state index in [-0.39, 0.29) is 18.4 Å². The molecule has 0 unspecified atom stereocenters. The number of piperazine rings is 1. The van der Waals surface area contributed by atoms with Crippen LogP contribution in [0.25, 0.3) is 0 Å². The lowest BCUT2D eigenvalue weighted by Crippen LogP contribution is -2.57. The summed E-state index contributed by atoms with van der Waals surface area (Å²) in [6, 6.07) is 7.36. The first-order chi connectivity index (χ1) is 14.0. The number of carbonyl (C=O) groups excluding carboxylic acids is 2. The van der Waals surface area contributed by atoms with Crippen molar-refractivity contribution >= 4 is 17.6 Å². The molecular weight excluding hydrogens is 374 g/mol. The predicted octanol–water partition coefficient (Wildman–Crippen LogP) is 0.934. The minimum absolute atomic E-state index is 0.0843. The van der Waals surface area contributed by atoms with Crippen LogP contribution in [0.3, 0.4) is 0 Å². The number of morpholine rings is 1. The van der Waals surface area contributed by atoms with Gasteiger partial charge in [0.2, 0.25) is 5.91 Å². The molecular formula is C20H25N5O4. The van der Waals surface area contributed by atoms with Gasteiger partial charge in [0.25, 0.3) is 5.91 Å². The van der Waals surface area contributed by atoms with E-state index in [4.69, 9.17) is 9.37 Å². The van der Waals surface area contributed by atoms with Crippen LogP contribution in [-0.2, 0) is 14.3 Å². The number of rotatable bonds is 3. The average molecular weight is 399 g/mol. The van der Waals surface area contributed by atoms with Crippen molar-refractivity contribution in [2.75, 3.05) is 44.7 Å². The summed E-state index contributed by atoms with van der Waals surface area (Å²) in [6.45, 7) is 6.11. The molecule has 29 heavy (non-hydrogen) atoms. The van der Waals surface area contributed by atoms with Crippen LogP contribution in [0.5, 0.6) is 0 Å². The molecule has 0 N–H and O–H groups in total. The molecule has 1 aromatic carbocycles. The van der Waals surface area contributed by atoms with Gasteiger partial charge < -0.3 is 19.4 Å². The number of ether oxygens (including phenoxy) is 1. The van der Waals surface area contributed by atoms with E-state index in [2.05, 4.69) is 15.2 Å². The van der Waals surface area contributed by atoms with Gasteiger partial charge in [-0.05, 0) is 30.1 Å². The number of aromatic nitrogens is 2. The van der Waals surface area contributed by atoms with Gasteiger partial charge >= 0.3 is 0 Å². The number of carbonyl (C=O) groups is 2. The van der Waals surface area contributed by atoms with Crippen LogP contribution in [0.15, 0.2) is 28.9 Å². The van der Waals surface area contributed by atoms with Gasteiger partial charge in [-0.25, -0.2) is 4.63 Å². The van der Waals surface area contributed by atoms with Gasteiger partial charge in [-0.3, -0.25) is 9.59 Å². The molecule has 9 heteroatoms. The van der Waals surface area contributed by atoms with Gasteiger partial charge in [-0.15, -0.1) is 0 Å². The maximum absolute atomic E-state index is 13.4. The largest absolute Gasteiger partial charge is 0.356 e. The Hall–Kier alpha value is -2.94. The molecule has 4 rings (SSSR count).